The summed E-state index contributed by atoms with van der Waals surface area (Å²) in [5, 5.41) is 8.85. The average Bonchev–Trinajstić information content (AvgIpc) is 2.86. The van der Waals surface area contributed by atoms with E-state index in [4.69, 9.17) is 16.3 Å². The van der Waals surface area contributed by atoms with Gasteiger partial charge in [0.2, 0.25) is 0 Å². The number of methoxy groups -OCH3 is 1. The van der Waals surface area contributed by atoms with Crippen LogP contribution in [0.25, 0.3) is 0 Å². The quantitative estimate of drug-likeness (QED) is 0.857. The van der Waals surface area contributed by atoms with Crippen molar-refractivity contribution < 1.29 is 14.6 Å². The summed E-state index contributed by atoms with van der Waals surface area (Å²) < 4.78 is 5.76. The summed E-state index contributed by atoms with van der Waals surface area (Å²) in [5.41, 5.74) is 2.10. The zero-order valence-electron chi connectivity index (χ0n) is 13.7. The van der Waals surface area contributed by atoms with E-state index in [1.165, 1.54) is 11.1 Å². The predicted octanol–water partition coefficient (Wildman–Crippen LogP) is 2.31. The van der Waals surface area contributed by atoms with E-state index in [0.29, 0.717) is 12.8 Å². The molecule has 0 saturated heterocycles. The molecule has 23 heavy (non-hydrogen) atoms. The molecular formula is C18H24ClNO3. The van der Waals surface area contributed by atoms with E-state index < -0.39 is 5.38 Å². The standard InChI is InChI=1S/C18H24ClNO3/c1-12(11-21)9-20-10-13-5-3-4-6-14(13)18(20)8-7-15(22)16(19)17(18)23-2/h3-6,12,16-17,21H,7-11H2,1-2H3/t12-,16?,17?,18?/m1/s1. The summed E-state index contributed by atoms with van der Waals surface area (Å²) in [5.74, 6) is 0.216. The molecule has 1 N–H and O–H groups in total. The molecule has 3 unspecified atom stereocenters. The minimum Gasteiger partial charge on any atom is -0.396 e. The van der Waals surface area contributed by atoms with E-state index in [-0.39, 0.29) is 30.0 Å². The van der Waals surface area contributed by atoms with Crippen molar-refractivity contribution in [2.75, 3.05) is 20.3 Å². The molecule has 1 saturated carbocycles. The number of alkyl halides is 1. The Morgan fingerprint density at radius 1 is 1.48 bits per heavy atom. The lowest BCUT2D eigenvalue weighted by Crippen LogP contribution is -2.59. The van der Waals surface area contributed by atoms with Crippen molar-refractivity contribution in [1.29, 1.82) is 0 Å². The molecule has 126 valence electrons. The highest BCUT2D eigenvalue weighted by atomic mass is 35.5. The fourth-order valence-corrected chi connectivity index (χ4v) is 4.62. The molecule has 0 amide bonds. The third kappa shape index (κ3) is 2.62. The number of rotatable bonds is 4. The third-order valence-electron chi connectivity index (χ3n) is 5.30. The lowest BCUT2D eigenvalue weighted by molar-refractivity contribution is -0.135. The number of carbonyl (C=O) groups excluding carboxylic acids is 1. The van der Waals surface area contributed by atoms with Crippen LogP contribution >= 0.6 is 11.6 Å². The Balaban J connectivity index is 2.07. The van der Waals surface area contributed by atoms with E-state index in [2.05, 4.69) is 17.0 Å². The van der Waals surface area contributed by atoms with Gasteiger partial charge in [-0.1, -0.05) is 31.2 Å². The molecule has 1 aromatic rings. The van der Waals surface area contributed by atoms with Crippen LogP contribution in [0.5, 0.6) is 0 Å². The van der Waals surface area contributed by atoms with Crippen molar-refractivity contribution in [3.63, 3.8) is 0 Å². The van der Waals surface area contributed by atoms with Gasteiger partial charge in [-0.05, 0) is 23.5 Å². The monoisotopic (exact) mass is 337 g/mol. The van der Waals surface area contributed by atoms with Gasteiger partial charge in [-0.25, -0.2) is 0 Å². The van der Waals surface area contributed by atoms with Crippen LogP contribution in [-0.2, 0) is 21.6 Å². The van der Waals surface area contributed by atoms with Crippen molar-refractivity contribution in [3.8, 4) is 0 Å². The second-order valence-corrected chi connectivity index (χ2v) is 7.24. The number of hydrogen-bond acceptors (Lipinski definition) is 4. The Morgan fingerprint density at radius 2 is 2.22 bits per heavy atom. The number of fused-ring (bicyclic) bond motifs is 2. The van der Waals surface area contributed by atoms with Crippen LogP contribution in [0.1, 0.15) is 30.9 Å². The van der Waals surface area contributed by atoms with Crippen LogP contribution in [0.15, 0.2) is 24.3 Å². The minimum absolute atomic E-state index is 0.0590. The molecule has 2 aliphatic rings. The maximum Gasteiger partial charge on any atom is 0.153 e. The molecule has 1 aromatic carbocycles. The molecule has 4 nitrogen and oxygen atoms in total. The fourth-order valence-electron chi connectivity index (χ4n) is 4.20. The van der Waals surface area contributed by atoms with Crippen LogP contribution in [-0.4, -0.2) is 47.5 Å². The van der Waals surface area contributed by atoms with Gasteiger partial charge >= 0.3 is 0 Å². The molecule has 0 bridgehead atoms. The number of nitrogens with zero attached hydrogens (tertiary/aromatic N) is 1. The molecule has 1 aliphatic heterocycles. The number of ketones is 1. The zero-order valence-corrected chi connectivity index (χ0v) is 14.4. The van der Waals surface area contributed by atoms with Gasteiger partial charge in [-0.2, -0.15) is 0 Å². The second kappa shape index (κ2) is 6.52. The van der Waals surface area contributed by atoms with Crippen molar-refractivity contribution >= 4 is 17.4 Å². The summed E-state index contributed by atoms with van der Waals surface area (Å²) in [4.78, 5) is 14.5. The highest BCUT2D eigenvalue weighted by Crippen LogP contribution is 2.50. The summed E-state index contributed by atoms with van der Waals surface area (Å²) in [6.45, 7) is 3.73. The second-order valence-electron chi connectivity index (χ2n) is 6.77. The Labute approximate surface area is 142 Å². The first-order valence-corrected chi connectivity index (χ1v) is 8.62. The number of hydrogen-bond donors (Lipinski definition) is 1. The Kier molecular flexibility index (Phi) is 4.79. The summed E-state index contributed by atoms with van der Waals surface area (Å²) in [6.07, 6.45) is 0.801. The van der Waals surface area contributed by atoms with Gasteiger partial charge in [-0.3, -0.25) is 9.69 Å². The SMILES string of the molecule is COC1C(Cl)C(=O)CCC12c1ccccc1CN2C[C@@H](C)CO. The summed E-state index contributed by atoms with van der Waals surface area (Å²) in [6, 6.07) is 8.34. The molecule has 0 radical (unpaired) electrons. The van der Waals surface area contributed by atoms with E-state index in [0.717, 1.165) is 13.1 Å². The number of aliphatic hydroxyl groups excluding tert-OH is 1. The lowest BCUT2D eigenvalue weighted by atomic mass is 9.73. The van der Waals surface area contributed by atoms with E-state index >= 15 is 0 Å². The number of halogens is 1. The van der Waals surface area contributed by atoms with Crippen molar-refractivity contribution in [2.24, 2.45) is 5.92 Å². The van der Waals surface area contributed by atoms with Crippen LogP contribution in [0.2, 0.25) is 0 Å². The molecule has 3 rings (SSSR count). The molecule has 1 aliphatic carbocycles. The zero-order chi connectivity index (χ0) is 16.6. The number of carbonyl (C=O) groups is 1. The predicted molar refractivity (Wildman–Crippen MR) is 89.5 cm³/mol. The first kappa shape index (κ1) is 16.9. The summed E-state index contributed by atoms with van der Waals surface area (Å²) in [7, 11) is 1.63. The first-order chi connectivity index (χ1) is 11.0. The van der Waals surface area contributed by atoms with E-state index in [1.54, 1.807) is 7.11 Å². The van der Waals surface area contributed by atoms with Gasteiger partial charge in [0.15, 0.2) is 5.78 Å². The minimum atomic E-state index is -0.633. The normalized spacial score (nSPS) is 32.3. The van der Waals surface area contributed by atoms with Crippen molar-refractivity contribution in [2.45, 2.75) is 43.3 Å². The van der Waals surface area contributed by atoms with Gasteiger partial charge in [0.05, 0.1) is 5.54 Å². The third-order valence-corrected chi connectivity index (χ3v) is 5.78. The molecule has 4 atom stereocenters. The molecular weight excluding hydrogens is 314 g/mol. The van der Waals surface area contributed by atoms with Gasteiger partial charge in [0.1, 0.15) is 11.5 Å². The molecule has 0 aromatic heterocycles. The van der Waals surface area contributed by atoms with Crippen LogP contribution in [0.3, 0.4) is 0 Å². The number of Topliss-reactive ketones (excluding diaryl/α,β-unsaturated/α-hetero) is 1. The Bertz CT molecular complexity index is 593. The molecule has 1 spiro atoms. The maximum atomic E-state index is 12.1. The van der Waals surface area contributed by atoms with Gasteiger partial charge in [0, 0.05) is 33.2 Å². The topological polar surface area (TPSA) is 49.8 Å². The summed E-state index contributed by atoms with van der Waals surface area (Å²) >= 11 is 6.45. The maximum absolute atomic E-state index is 12.1. The van der Waals surface area contributed by atoms with E-state index in [9.17, 15) is 9.90 Å². The van der Waals surface area contributed by atoms with E-state index in [1.807, 2.05) is 19.1 Å². The average molecular weight is 338 g/mol. The largest absolute Gasteiger partial charge is 0.396 e. The first-order valence-electron chi connectivity index (χ1n) is 8.18. The number of benzene rings is 1. The number of aliphatic hydroxyl groups is 1. The molecule has 1 fully saturated rings. The Morgan fingerprint density at radius 3 is 2.91 bits per heavy atom. The lowest BCUT2D eigenvalue weighted by Gasteiger charge is -2.49. The van der Waals surface area contributed by atoms with Crippen LogP contribution < -0.4 is 0 Å². The van der Waals surface area contributed by atoms with Crippen molar-refractivity contribution in [3.05, 3.63) is 35.4 Å². The highest BCUT2D eigenvalue weighted by Gasteiger charge is 2.56. The van der Waals surface area contributed by atoms with Crippen molar-refractivity contribution in [1.82, 2.24) is 4.90 Å². The van der Waals surface area contributed by atoms with Gasteiger partial charge < -0.3 is 9.84 Å². The van der Waals surface area contributed by atoms with Crippen LogP contribution in [0.4, 0.5) is 0 Å². The fraction of sp³-hybridized carbons (Fsp3) is 0.611. The smallest absolute Gasteiger partial charge is 0.153 e. The highest BCUT2D eigenvalue weighted by molar-refractivity contribution is 6.32. The van der Waals surface area contributed by atoms with Gasteiger partial charge in [-0.15, -0.1) is 11.6 Å². The Hall–Kier alpha value is -0.940. The number of ether oxygens (including phenoxy) is 1. The van der Waals surface area contributed by atoms with Gasteiger partial charge in [0.25, 0.3) is 0 Å². The molecule has 1 heterocycles. The molecule has 5 heteroatoms. The van der Waals surface area contributed by atoms with Crippen LogP contribution in [0, 0.1) is 5.92 Å².